The number of carbonyl (C=O) groups excluding carboxylic acids is 1. The Balaban J connectivity index is 1.64. The van der Waals surface area contributed by atoms with Crippen LogP contribution in [-0.4, -0.2) is 17.4 Å². The van der Waals surface area contributed by atoms with E-state index in [9.17, 15) is 14.9 Å². The summed E-state index contributed by atoms with van der Waals surface area (Å²) < 4.78 is 5.39. The van der Waals surface area contributed by atoms with E-state index in [1.54, 1.807) is 0 Å². The molecule has 1 unspecified atom stereocenters. The van der Waals surface area contributed by atoms with Crippen LogP contribution in [0.5, 0.6) is 5.75 Å². The fraction of sp³-hybridized carbons (Fsp3) is 0.150. The third-order valence-corrected chi connectivity index (χ3v) is 4.45. The maximum absolute atomic E-state index is 12.2. The SMILES string of the molecule is CC(NC(=O)COc1ccc([N+](=O)[O-])cc1Cl)c1cccc2ccccc12. The first-order chi connectivity index (χ1) is 13.0. The molecular weight excluding hydrogens is 368 g/mol. The molecule has 0 bridgehead atoms. The van der Waals surface area contributed by atoms with Crippen molar-refractivity contribution in [2.24, 2.45) is 0 Å². The molecule has 0 aromatic heterocycles. The third kappa shape index (κ3) is 4.35. The zero-order valence-electron chi connectivity index (χ0n) is 14.5. The Morgan fingerprint density at radius 2 is 1.93 bits per heavy atom. The first-order valence-corrected chi connectivity index (χ1v) is 8.67. The summed E-state index contributed by atoms with van der Waals surface area (Å²) in [6, 6.07) is 17.5. The number of non-ortho nitro benzene ring substituents is 1. The molecule has 1 atom stereocenters. The van der Waals surface area contributed by atoms with Crippen LogP contribution in [0.4, 0.5) is 5.69 Å². The lowest BCUT2D eigenvalue weighted by Gasteiger charge is -2.17. The molecule has 0 fully saturated rings. The Bertz CT molecular complexity index is 1000. The average molecular weight is 385 g/mol. The molecule has 138 valence electrons. The van der Waals surface area contributed by atoms with E-state index in [1.165, 1.54) is 18.2 Å². The van der Waals surface area contributed by atoms with Crippen LogP contribution in [0.15, 0.2) is 60.7 Å². The van der Waals surface area contributed by atoms with Crippen LogP contribution < -0.4 is 10.1 Å². The van der Waals surface area contributed by atoms with E-state index in [1.807, 2.05) is 49.4 Å². The number of hydrogen-bond acceptors (Lipinski definition) is 4. The molecule has 0 heterocycles. The topological polar surface area (TPSA) is 81.5 Å². The van der Waals surface area contributed by atoms with E-state index in [4.69, 9.17) is 16.3 Å². The summed E-state index contributed by atoms with van der Waals surface area (Å²) in [5.74, 6) is -0.0971. The van der Waals surface area contributed by atoms with Gasteiger partial charge in [-0.05, 0) is 29.3 Å². The summed E-state index contributed by atoms with van der Waals surface area (Å²) in [5.41, 5.74) is 0.871. The monoisotopic (exact) mass is 384 g/mol. The van der Waals surface area contributed by atoms with E-state index in [0.717, 1.165) is 16.3 Å². The molecule has 3 aromatic carbocycles. The van der Waals surface area contributed by atoms with Crippen LogP contribution in [0.1, 0.15) is 18.5 Å². The van der Waals surface area contributed by atoms with Gasteiger partial charge in [0, 0.05) is 12.1 Å². The van der Waals surface area contributed by atoms with Crippen LogP contribution in [0, 0.1) is 10.1 Å². The number of halogens is 1. The second-order valence-electron chi connectivity index (χ2n) is 6.02. The van der Waals surface area contributed by atoms with Crippen molar-refractivity contribution in [2.45, 2.75) is 13.0 Å². The molecule has 0 spiro atoms. The van der Waals surface area contributed by atoms with Crippen molar-refractivity contribution >= 4 is 34.0 Å². The van der Waals surface area contributed by atoms with Gasteiger partial charge >= 0.3 is 0 Å². The Hall–Kier alpha value is -3.12. The van der Waals surface area contributed by atoms with E-state index < -0.39 is 4.92 Å². The molecule has 1 N–H and O–H groups in total. The van der Waals surface area contributed by atoms with Gasteiger partial charge in [-0.3, -0.25) is 14.9 Å². The zero-order chi connectivity index (χ0) is 19.4. The molecule has 3 aromatic rings. The average Bonchev–Trinajstić information content (AvgIpc) is 2.66. The maximum Gasteiger partial charge on any atom is 0.271 e. The maximum atomic E-state index is 12.2. The minimum Gasteiger partial charge on any atom is -0.482 e. The highest BCUT2D eigenvalue weighted by molar-refractivity contribution is 6.32. The lowest BCUT2D eigenvalue weighted by Crippen LogP contribution is -2.31. The second kappa shape index (κ2) is 8.05. The van der Waals surface area contributed by atoms with Crippen molar-refractivity contribution in [3.63, 3.8) is 0 Å². The van der Waals surface area contributed by atoms with Gasteiger partial charge in [-0.2, -0.15) is 0 Å². The zero-order valence-corrected chi connectivity index (χ0v) is 15.3. The Labute approximate surface area is 160 Å². The lowest BCUT2D eigenvalue weighted by atomic mass is 10.00. The van der Waals surface area contributed by atoms with Crippen LogP contribution in [0.3, 0.4) is 0 Å². The van der Waals surface area contributed by atoms with E-state index >= 15 is 0 Å². The normalized spacial score (nSPS) is 11.8. The molecule has 0 radical (unpaired) electrons. The molecule has 0 aliphatic rings. The molecule has 0 saturated carbocycles. The van der Waals surface area contributed by atoms with Crippen molar-refractivity contribution in [3.05, 3.63) is 81.4 Å². The summed E-state index contributed by atoms with van der Waals surface area (Å²) in [5, 5.41) is 15.9. The molecule has 7 heteroatoms. The number of nitro benzene ring substituents is 1. The molecule has 6 nitrogen and oxygen atoms in total. The molecule has 27 heavy (non-hydrogen) atoms. The van der Waals surface area contributed by atoms with Gasteiger partial charge in [-0.15, -0.1) is 0 Å². The van der Waals surface area contributed by atoms with E-state index in [2.05, 4.69) is 5.32 Å². The molecule has 1 amide bonds. The van der Waals surface area contributed by atoms with Gasteiger partial charge in [0.05, 0.1) is 16.0 Å². The lowest BCUT2D eigenvalue weighted by molar-refractivity contribution is -0.384. The predicted octanol–water partition coefficient (Wildman–Crippen LogP) is 4.66. The Morgan fingerprint density at radius 3 is 2.67 bits per heavy atom. The van der Waals surface area contributed by atoms with Crippen molar-refractivity contribution < 1.29 is 14.5 Å². The standard InChI is InChI=1S/C20H17ClN2O4/c1-13(16-8-4-6-14-5-2-3-7-17(14)16)22-20(24)12-27-19-10-9-15(23(25)26)11-18(19)21/h2-11,13H,12H2,1H3,(H,22,24). The predicted molar refractivity (Wildman–Crippen MR) is 104 cm³/mol. The first-order valence-electron chi connectivity index (χ1n) is 8.29. The highest BCUT2D eigenvalue weighted by Crippen LogP contribution is 2.28. The molecule has 0 aliphatic carbocycles. The van der Waals surface area contributed by atoms with Crippen LogP contribution in [0.2, 0.25) is 5.02 Å². The summed E-state index contributed by atoms with van der Waals surface area (Å²) in [7, 11) is 0. The molecule has 0 saturated heterocycles. The third-order valence-electron chi connectivity index (χ3n) is 4.15. The van der Waals surface area contributed by atoms with Gasteiger partial charge < -0.3 is 10.1 Å². The highest BCUT2D eigenvalue weighted by atomic mass is 35.5. The van der Waals surface area contributed by atoms with Gasteiger partial charge in [0.15, 0.2) is 6.61 Å². The van der Waals surface area contributed by atoms with Gasteiger partial charge in [-0.25, -0.2) is 0 Å². The number of rotatable bonds is 6. The quantitative estimate of drug-likeness (QED) is 0.495. The largest absolute Gasteiger partial charge is 0.482 e. The first kappa shape index (κ1) is 18.7. The van der Waals surface area contributed by atoms with Crippen molar-refractivity contribution in [1.29, 1.82) is 0 Å². The number of carbonyl (C=O) groups is 1. The summed E-state index contributed by atoms with van der Waals surface area (Å²) in [6.45, 7) is 1.66. The number of fused-ring (bicyclic) bond motifs is 1. The highest BCUT2D eigenvalue weighted by Gasteiger charge is 2.14. The van der Waals surface area contributed by atoms with Crippen molar-refractivity contribution in [2.75, 3.05) is 6.61 Å². The molecule has 0 aliphatic heterocycles. The van der Waals surface area contributed by atoms with Gasteiger partial charge in [0.25, 0.3) is 11.6 Å². The molecular formula is C20H17ClN2O4. The number of nitro groups is 1. The fourth-order valence-electron chi connectivity index (χ4n) is 2.85. The van der Waals surface area contributed by atoms with Gasteiger partial charge in [0.2, 0.25) is 0 Å². The van der Waals surface area contributed by atoms with Crippen molar-refractivity contribution in [1.82, 2.24) is 5.32 Å². The Kier molecular flexibility index (Phi) is 5.57. The van der Waals surface area contributed by atoms with Gasteiger partial charge in [0.1, 0.15) is 5.75 Å². The minimum atomic E-state index is -0.547. The van der Waals surface area contributed by atoms with E-state index in [0.29, 0.717) is 0 Å². The van der Waals surface area contributed by atoms with Crippen molar-refractivity contribution in [3.8, 4) is 5.75 Å². The Morgan fingerprint density at radius 1 is 1.19 bits per heavy atom. The summed E-state index contributed by atoms with van der Waals surface area (Å²) in [6.07, 6.45) is 0. The van der Waals surface area contributed by atoms with E-state index in [-0.39, 0.29) is 35.0 Å². The van der Waals surface area contributed by atoms with Crippen LogP contribution in [0.25, 0.3) is 10.8 Å². The number of hydrogen-bond donors (Lipinski definition) is 1. The minimum absolute atomic E-state index is 0.0825. The number of ether oxygens (including phenoxy) is 1. The second-order valence-corrected chi connectivity index (χ2v) is 6.43. The summed E-state index contributed by atoms with van der Waals surface area (Å²) in [4.78, 5) is 22.4. The molecule has 3 rings (SSSR count). The summed E-state index contributed by atoms with van der Waals surface area (Å²) >= 11 is 5.96. The number of amides is 1. The smallest absolute Gasteiger partial charge is 0.271 e. The van der Waals surface area contributed by atoms with Gasteiger partial charge in [-0.1, -0.05) is 54.1 Å². The number of benzene rings is 3. The van der Waals surface area contributed by atoms with Crippen LogP contribution >= 0.6 is 11.6 Å². The number of nitrogens with one attached hydrogen (secondary N) is 1. The van der Waals surface area contributed by atoms with Crippen LogP contribution in [-0.2, 0) is 4.79 Å². The number of nitrogens with zero attached hydrogens (tertiary/aromatic N) is 1. The fourth-order valence-corrected chi connectivity index (χ4v) is 3.08.